The highest BCUT2D eigenvalue weighted by atomic mass is 16.2. The van der Waals surface area contributed by atoms with E-state index in [0.717, 1.165) is 19.5 Å². The molecule has 2 saturated heterocycles. The van der Waals surface area contributed by atoms with Gasteiger partial charge < -0.3 is 19.6 Å². The average molecular weight is 344 g/mol. The Labute approximate surface area is 147 Å². The molecule has 134 valence electrons. The van der Waals surface area contributed by atoms with Gasteiger partial charge in [0.15, 0.2) is 0 Å². The third kappa shape index (κ3) is 3.99. The number of carbonyl (C=O) groups is 3. The number of hydrogen-bond acceptors (Lipinski definition) is 4. The minimum atomic E-state index is -0.0847. The van der Waals surface area contributed by atoms with E-state index >= 15 is 0 Å². The largest absolute Gasteiger partial charge is 0.342 e. The lowest BCUT2D eigenvalue weighted by Crippen LogP contribution is -2.48. The summed E-state index contributed by atoms with van der Waals surface area (Å²) in [4.78, 5) is 43.6. The molecule has 0 atom stereocenters. The van der Waals surface area contributed by atoms with E-state index in [1.807, 2.05) is 11.9 Å². The molecule has 0 unspecified atom stereocenters. The first-order valence-corrected chi connectivity index (χ1v) is 8.65. The van der Waals surface area contributed by atoms with Crippen LogP contribution in [-0.4, -0.2) is 97.2 Å². The van der Waals surface area contributed by atoms with Crippen molar-refractivity contribution in [3.63, 3.8) is 0 Å². The van der Waals surface area contributed by atoms with E-state index in [0.29, 0.717) is 50.4 Å². The smallest absolute Gasteiger partial charge is 0.253 e. The summed E-state index contributed by atoms with van der Waals surface area (Å²) in [5, 5.41) is 0. The number of rotatable bonds is 3. The van der Waals surface area contributed by atoms with Crippen LogP contribution in [-0.2, 0) is 4.79 Å². The molecule has 7 heteroatoms. The maximum Gasteiger partial charge on any atom is 0.253 e. The molecule has 0 aromatic heterocycles. The first-order chi connectivity index (χ1) is 12.1. The van der Waals surface area contributed by atoms with Crippen LogP contribution in [0.15, 0.2) is 24.3 Å². The lowest BCUT2D eigenvalue weighted by molar-refractivity contribution is -0.119. The maximum absolute atomic E-state index is 12.7. The molecule has 3 amide bonds. The van der Waals surface area contributed by atoms with Crippen molar-refractivity contribution in [3.05, 3.63) is 35.4 Å². The first-order valence-electron chi connectivity index (χ1n) is 8.65. The Morgan fingerprint density at radius 1 is 0.840 bits per heavy atom. The zero-order chi connectivity index (χ0) is 17.8. The van der Waals surface area contributed by atoms with Crippen LogP contribution in [0, 0.1) is 0 Å². The number of amides is 3. The highest BCUT2D eigenvalue weighted by Crippen LogP contribution is 2.13. The van der Waals surface area contributed by atoms with Gasteiger partial charge in [0.2, 0.25) is 6.41 Å². The van der Waals surface area contributed by atoms with Gasteiger partial charge in [0.05, 0.1) is 0 Å². The van der Waals surface area contributed by atoms with E-state index in [1.165, 1.54) is 0 Å². The third-order valence-corrected chi connectivity index (χ3v) is 4.90. The van der Waals surface area contributed by atoms with E-state index in [4.69, 9.17) is 0 Å². The lowest BCUT2D eigenvalue weighted by atomic mass is 10.1. The Morgan fingerprint density at radius 3 is 1.80 bits per heavy atom. The van der Waals surface area contributed by atoms with E-state index in [1.54, 1.807) is 34.1 Å². The summed E-state index contributed by atoms with van der Waals surface area (Å²) >= 11 is 0. The number of hydrogen-bond donors (Lipinski definition) is 0. The average Bonchev–Trinajstić information content (AvgIpc) is 2.67. The Kier molecular flexibility index (Phi) is 5.33. The van der Waals surface area contributed by atoms with Crippen LogP contribution in [0.1, 0.15) is 20.7 Å². The number of likely N-dealkylation sites (N-methyl/N-ethyl adjacent to an activating group) is 1. The fraction of sp³-hybridized carbons (Fsp3) is 0.500. The number of benzene rings is 1. The van der Waals surface area contributed by atoms with Crippen molar-refractivity contribution in [2.75, 3.05) is 59.4 Å². The van der Waals surface area contributed by atoms with Crippen molar-refractivity contribution in [1.82, 2.24) is 19.6 Å². The monoisotopic (exact) mass is 344 g/mol. The topological polar surface area (TPSA) is 64.2 Å². The summed E-state index contributed by atoms with van der Waals surface area (Å²) in [6.45, 7) is 5.30. The third-order valence-electron chi connectivity index (χ3n) is 4.90. The zero-order valence-electron chi connectivity index (χ0n) is 14.6. The van der Waals surface area contributed by atoms with Crippen LogP contribution in [0.25, 0.3) is 0 Å². The predicted molar refractivity (Wildman–Crippen MR) is 93.4 cm³/mol. The van der Waals surface area contributed by atoms with Gasteiger partial charge >= 0.3 is 0 Å². The summed E-state index contributed by atoms with van der Waals surface area (Å²) in [6, 6.07) is 6.96. The molecule has 2 aliphatic rings. The molecule has 0 bridgehead atoms. The van der Waals surface area contributed by atoms with E-state index < -0.39 is 0 Å². The molecule has 2 aliphatic heterocycles. The molecular formula is C18H24N4O3. The molecule has 7 nitrogen and oxygen atoms in total. The molecule has 0 saturated carbocycles. The minimum absolute atomic E-state index is 0.0199. The maximum atomic E-state index is 12.7. The van der Waals surface area contributed by atoms with E-state index in [-0.39, 0.29) is 11.8 Å². The van der Waals surface area contributed by atoms with Crippen LogP contribution in [0.4, 0.5) is 0 Å². The van der Waals surface area contributed by atoms with Gasteiger partial charge in [0, 0.05) is 63.5 Å². The molecule has 0 radical (unpaired) electrons. The van der Waals surface area contributed by atoms with Gasteiger partial charge in [0.25, 0.3) is 11.8 Å². The lowest BCUT2D eigenvalue weighted by Gasteiger charge is -2.33. The van der Waals surface area contributed by atoms with Crippen molar-refractivity contribution in [2.45, 2.75) is 0 Å². The minimum Gasteiger partial charge on any atom is -0.342 e. The van der Waals surface area contributed by atoms with Gasteiger partial charge in [-0.1, -0.05) is 6.07 Å². The van der Waals surface area contributed by atoms with Gasteiger partial charge in [-0.3, -0.25) is 14.4 Å². The molecule has 2 fully saturated rings. The second kappa shape index (κ2) is 7.65. The summed E-state index contributed by atoms with van der Waals surface area (Å²) in [6.07, 6.45) is 0.817. The second-order valence-corrected chi connectivity index (χ2v) is 6.61. The van der Waals surface area contributed by atoms with Crippen LogP contribution < -0.4 is 0 Å². The highest BCUT2D eigenvalue weighted by Gasteiger charge is 2.24. The van der Waals surface area contributed by atoms with Crippen molar-refractivity contribution >= 4 is 18.2 Å². The van der Waals surface area contributed by atoms with Crippen LogP contribution in [0.2, 0.25) is 0 Å². The van der Waals surface area contributed by atoms with E-state index in [2.05, 4.69) is 4.90 Å². The highest BCUT2D eigenvalue weighted by molar-refractivity contribution is 5.99. The van der Waals surface area contributed by atoms with Gasteiger partial charge in [-0.15, -0.1) is 0 Å². The number of carbonyl (C=O) groups excluding carboxylic acids is 3. The predicted octanol–water partition coefficient (Wildman–Crippen LogP) is -0.0116. The Hall–Kier alpha value is -2.41. The van der Waals surface area contributed by atoms with Crippen molar-refractivity contribution in [2.24, 2.45) is 0 Å². The molecule has 0 spiro atoms. The van der Waals surface area contributed by atoms with Crippen LogP contribution in [0.5, 0.6) is 0 Å². The number of nitrogens with zero attached hydrogens (tertiary/aromatic N) is 4. The Morgan fingerprint density at radius 2 is 1.32 bits per heavy atom. The van der Waals surface area contributed by atoms with Crippen LogP contribution in [0.3, 0.4) is 0 Å². The quantitative estimate of drug-likeness (QED) is 0.724. The van der Waals surface area contributed by atoms with Crippen molar-refractivity contribution in [1.29, 1.82) is 0 Å². The summed E-state index contributed by atoms with van der Waals surface area (Å²) in [5.41, 5.74) is 1.08. The second-order valence-electron chi connectivity index (χ2n) is 6.61. The summed E-state index contributed by atoms with van der Waals surface area (Å²) < 4.78 is 0. The van der Waals surface area contributed by atoms with Crippen molar-refractivity contribution in [3.8, 4) is 0 Å². The Balaban J connectivity index is 1.67. The van der Waals surface area contributed by atoms with Gasteiger partial charge in [-0.05, 0) is 25.2 Å². The summed E-state index contributed by atoms with van der Waals surface area (Å²) in [7, 11) is 2.05. The van der Waals surface area contributed by atoms with E-state index in [9.17, 15) is 14.4 Å². The molecule has 1 aromatic rings. The molecule has 0 N–H and O–H groups in total. The molecule has 0 aliphatic carbocycles. The Bertz CT molecular complexity index is 647. The van der Waals surface area contributed by atoms with Gasteiger partial charge in [0.1, 0.15) is 0 Å². The zero-order valence-corrected chi connectivity index (χ0v) is 14.6. The van der Waals surface area contributed by atoms with Crippen LogP contribution >= 0.6 is 0 Å². The SMILES string of the molecule is CN1CCN(C(=O)c2cccc(C(=O)N3CCN(C=O)CC3)c2)CC1. The molecule has 3 rings (SSSR count). The fourth-order valence-electron chi connectivity index (χ4n) is 3.19. The standard InChI is InChI=1S/C18H24N4O3/c1-19-5-9-21(10-6-19)17(24)15-3-2-4-16(13-15)18(25)22-11-7-20(14-23)8-12-22/h2-4,13-14H,5-12H2,1H3. The molecule has 2 heterocycles. The first kappa shape index (κ1) is 17.4. The van der Waals surface area contributed by atoms with Gasteiger partial charge in [-0.2, -0.15) is 0 Å². The number of piperazine rings is 2. The van der Waals surface area contributed by atoms with Gasteiger partial charge in [-0.25, -0.2) is 0 Å². The van der Waals surface area contributed by atoms with Crippen molar-refractivity contribution < 1.29 is 14.4 Å². The normalized spacial score (nSPS) is 19.0. The fourth-order valence-corrected chi connectivity index (χ4v) is 3.19. The molecule has 25 heavy (non-hydrogen) atoms. The summed E-state index contributed by atoms with van der Waals surface area (Å²) in [5.74, 6) is -0.105. The molecular weight excluding hydrogens is 320 g/mol. The molecule has 1 aromatic carbocycles.